The van der Waals surface area contributed by atoms with Crippen molar-refractivity contribution >= 4 is 41.3 Å². The number of halogens is 4. The number of hydrogen-bond acceptors (Lipinski definition) is 4. The zero-order valence-electron chi connectivity index (χ0n) is 12.8. The van der Waals surface area contributed by atoms with E-state index in [1.54, 1.807) is 30.3 Å². The molecule has 1 N–H and O–H groups in total. The zero-order valence-corrected chi connectivity index (χ0v) is 15.8. The molecule has 0 atom stereocenters. The van der Waals surface area contributed by atoms with Crippen LogP contribution in [0.15, 0.2) is 54.7 Å². The molecule has 0 spiro atoms. The van der Waals surface area contributed by atoms with Crippen LogP contribution in [0.3, 0.4) is 0 Å². The van der Waals surface area contributed by atoms with Crippen LogP contribution in [0.1, 0.15) is 5.56 Å². The van der Waals surface area contributed by atoms with Crippen LogP contribution in [-0.4, -0.2) is 18.9 Å². The van der Waals surface area contributed by atoms with Gasteiger partial charge in [0, 0.05) is 0 Å². The van der Waals surface area contributed by atoms with E-state index in [0.717, 1.165) is 0 Å². The number of rotatable bonds is 4. The minimum absolute atomic E-state index is 0.306. The number of nitrogens with zero attached hydrogens (tertiary/aromatic N) is 1. The molecular formula is C16H10F3IN2O3S. The number of benzene rings is 2. The van der Waals surface area contributed by atoms with Gasteiger partial charge in [0.05, 0.1) is 0 Å². The fourth-order valence-electron chi connectivity index (χ4n) is 2.13. The van der Waals surface area contributed by atoms with E-state index in [9.17, 15) is 21.6 Å². The summed E-state index contributed by atoms with van der Waals surface area (Å²) in [6.45, 7) is 0. The first-order valence-corrected chi connectivity index (χ1v) is 11.4. The molecule has 0 fully saturated rings. The third kappa shape index (κ3) is 3.55. The average Bonchev–Trinajstić information content (AvgIpc) is 3.02. The van der Waals surface area contributed by atoms with Crippen LogP contribution in [0, 0.1) is 18.5 Å². The third-order valence-electron chi connectivity index (χ3n) is 3.31. The topological polar surface area (TPSA) is 82.9 Å². The van der Waals surface area contributed by atoms with Gasteiger partial charge < -0.3 is 0 Å². The molecule has 0 saturated carbocycles. The summed E-state index contributed by atoms with van der Waals surface area (Å²) < 4.78 is 67.2. The third-order valence-corrected chi connectivity index (χ3v) is 10.5. The Bertz CT molecular complexity index is 1090. The fourth-order valence-corrected chi connectivity index (χ4v) is 8.90. The molecule has 26 heavy (non-hydrogen) atoms. The summed E-state index contributed by atoms with van der Waals surface area (Å²) >= 11 is -3.48. The molecule has 0 amide bonds. The summed E-state index contributed by atoms with van der Waals surface area (Å²) in [7, 11) is -5.76. The van der Waals surface area contributed by atoms with E-state index >= 15 is 0 Å². The summed E-state index contributed by atoms with van der Waals surface area (Å²) in [6.07, 6.45) is 1.44. The first-order valence-electron chi connectivity index (χ1n) is 7.00. The van der Waals surface area contributed by atoms with Crippen LogP contribution in [0.2, 0.25) is 0 Å². The second-order valence-electron chi connectivity index (χ2n) is 5.02. The van der Waals surface area contributed by atoms with Gasteiger partial charge in [0.2, 0.25) is 0 Å². The van der Waals surface area contributed by atoms with Crippen molar-refractivity contribution in [2.45, 2.75) is 5.51 Å². The second-order valence-corrected chi connectivity index (χ2v) is 11.4. The van der Waals surface area contributed by atoms with Gasteiger partial charge in [0.15, 0.2) is 0 Å². The Morgan fingerprint density at radius 3 is 2.42 bits per heavy atom. The summed E-state index contributed by atoms with van der Waals surface area (Å²) in [6, 6.07) is 14.5. The van der Waals surface area contributed by atoms with Gasteiger partial charge in [-0.1, -0.05) is 0 Å². The molecule has 136 valence electrons. The Morgan fingerprint density at radius 1 is 1.12 bits per heavy atom. The Labute approximate surface area is 154 Å². The van der Waals surface area contributed by atoms with Crippen molar-refractivity contribution in [1.29, 1.82) is 5.26 Å². The SMILES string of the molecule is N#Cc1ccc2[nH]cc(I(OS(=O)(=O)C(F)(F)F)c3ccccc3)c2c1. The van der Waals surface area contributed by atoms with Crippen molar-refractivity contribution in [3.8, 4) is 6.07 Å². The van der Waals surface area contributed by atoms with Gasteiger partial charge in [-0.05, 0) is 0 Å². The predicted octanol–water partition coefficient (Wildman–Crippen LogP) is 4.37. The van der Waals surface area contributed by atoms with Gasteiger partial charge >= 0.3 is 155 Å². The molecular weight excluding hydrogens is 484 g/mol. The number of aromatic amines is 1. The van der Waals surface area contributed by atoms with E-state index in [1.165, 1.54) is 24.4 Å². The molecule has 1 aromatic heterocycles. The molecule has 0 aliphatic carbocycles. The van der Waals surface area contributed by atoms with E-state index in [0.29, 0.717) is 23.6 Å². The molecule has 3 rings (SSSR count). The van der Waals surface area contributed by atoms with Crippen LogP contribution in [0.25, 0.3) is 10.9 Å². The monoisotopic (exact) mass is 494 g/mol. The quantitative estimate of drug-likeness (QED) is 0.432. The molecule has 0 saturated heterocycles. The van der Waals surface area contributed by atoms with E-state index in [4.69, 9.17) is 7.77 Å². The number of nitrogens with one attached hydrogen (secondary N) is 1. The maximum absolute atomic E-state index is 12.8. The predicted molar refractivity (Wildman–Crippen MR) is 96.9 cm³/mol. The number of H-pyrrole nitrogens is 1. The van der Waals surface area contributed by atoms with E-state index in [-0.39, 0.29) is 0 Å². The zero-order chi connectivity index (χ0) is 18.9. The second kappa shape index (κ2) is 6.90. The molecule has 0 unspecified atom stereocenters. The minimum atomic E-state index is -5.76. The summed E-state index contributed by atoms with van der Waals surface area (Å²) in [4.78, 5) is 2.89. The van der Waals surface area contributed by atoms with Crippen LogP contribution in [-0.2, 0) is 12.6 Å². The number of aromatic nitrogens is 1. The van der Waals surface area contributed by atoms with Gasteiger partial charge in [-0.15, -0.1) is 0 Å². The van der Waals surface area contributed by atoms with Crippen molar-refractivity contribution in [2.75, 3.05) is 0 Å². The van der Waals surface area contributed by atoms with Crippen molar-refractivity contribution in [3.63, 3.8) is 0 Å². The van der Waals surface area contributed by atoms with Gasteiger partial charge in [0.25, 0.3) is 0 Å². The molecule has 0 bridgehead atoms. The summed E-state index contributed by atoms with van der Waals surface area (Å²) in [5, 5.41) is 9.52. The molecule has 5 nitrogen and oxygen atoms in total. The molecule has 1 heterocycles. The standard InChI is InChI=1S/C16H10F3IN2O3S/c17-16(18,19)26(23,24)25-20(12-4-2-1-3-5-12)14-10-22-15-7-6-11(9-21)8-13(14)15/h1-8,10,22H. The number of fused-ring (bicyclic) bond motifs is 1. The van der Waals surface area contributed by atoms with Gasteiger partial charge in [-0.25, -0.2) is 0 Å². The first kappa shape index (κ1) is 18.7. The molecule has 3 aromatic rings. The molecule has 0 aliphatic rings. The molecule has 0 aliphatic heterocycles. The summed E-state index contributed by atoms with van der Waals surface area (Å²) in [5.41, 5.74) is -4.63. The van der Waals surface area contributed by atoms with E-state index in [2.05, 4.69) is 4.98 Å². The van der Waals surface area contributed by atoms with Crippen molar-refractivity contribution in [1.82, 2.24) is 4.98 Å². The molecule has 10 heteroatoms. The van der Waals surface area contributed by atoms with E-state index < -0.39 is 35.9 Å². The molecule has 0 radical (unpaired) electrons. The Balaban J connectivity index is 2.18. The van der Waals surface area contributed by atoms with Crippen molar-refractivity contribution in [2.24, 2.45) is 0 Å². The Hall–Kier alpha value is -2.10. The van der Waals surface area contributed by atoms with Crippen LogP contribution >= 0.6 is 20.2 Å². The van der Waals surface area contributed by atoms with E-state index in [1.807, 2.05) is 6.07 Å². The number of hydrogen-bond donors (Lipinski definition) is 1. The molecule has 2 aromatic carbocycles. The van der Waals surface area contributed by atoms with Crippen LogP contribution in [0.5, 0.6) is 0 Å². The fraction of sp³-hybridized carbons (Fsp3) is 0.0625. The number of alkyl halides is 3. The average molecular weight is 494 g/mol. The normalized spacial score (nSPS) is 12.8. The van der Waals surface area contributed by atoms with Crippen LogP contribution < -0.4 is 0 Å². The summed E-state index contributed by atoms with van der Waals surface area (Å²) in [5.74, 6) is 0. The Kier molecular flexibility index (Phi) is 4.96. The number of nitriles is 1. The maximum atomic E-state index is 12.8. The van der Waals surface area contributed by atoms with Crippen molar-refractivity contribution < 1.29 is 24.1 Å². The van der Waals surface area contributed by atoms with Gasteiger partial charge in [-0.2, -0.15) is 0 Å². The van der Waals surface area contributed by atoms with Crippen molar-refractivity contribution in [3.05, 3.63) is 67.4 Å². The first-order chi connectivity index (χ1) is 12.2. The van der Waals surface area contributed by atoms with Crippen LogP contribution in [0.4, 0.5) is 13.2 Å². The van der Waals surface area contributed by atoms with Gasteiger partial charge in [-0.3, -0.25) is 0 Å². The Morgan fingerprint density at radius 2 is 1.81 bits per heavy atom. The van der Waals surface area contributed by atoms with Gasteiger partial charge in [0.1, 0.15) is 0 Å².